The topological polar surface area (TPSA) is 93.3 Å². The first kappa shape index (κ1) is 22.7. The monoisotopic (exact) mass is 447 g/mol. The number of likely N-dealkylation sites (tertiary alicyclic amines) is 1. The molecule has 2 aromatic carbocycles. The number of rotatable bonds is 7. The summed E-state index contributed by atoms with van der Waals surface area (Å²) in [6.45, 7) is 7.56. The van der Waals surface area contributed by atoms with Crippen LogP contribution in [-0.2, 0) is 0 Å². The summed E-state index contributed by atoms with van der Waals surface area (Å²) in [4.78, 5) is 26.3. The van der Waals surface area contributed by atoms with Gasteiger partial charge in [-0.25, -0.2) is 4.68 Å². The number of nitrogens with zero attached hydrogens (tertiary/aromatic N) is 4. The number of aryl methyl sites for hydroxylation is 2. The minimum atomic E-state index is -0.449. The van der Waals surface area contributed by atoms with E-state index in [1.165, 1.54) is 41.6 Å². The van der Waals surface area contributed by atoms with E-state index in [9.17, 15) is 14.9 Å². The summed E-state index contributed by atoms with van der Waals surface area (Å²) in [6.07, 6.45) is 3.67. The second-order valence-electron chi connectivity index (χ2n) is 8.56. The molecule has 2 heterocycles. The lowest BCUT2D eigenvalue weighted by Gasteiger charge is -2.26. The fraction of sp³-hybridized carbons (Fsp3) is 0.360. The van der Waals surface area contributed by atoms with E-state index in [0.717, 1.165) is 30.8 Å². The van der Waals surface area contributed by atoms with Crippen molar-refractivity contribution in [2.75, 3.05) is 26.2 Å². The molecule has 0 spiro atoms. The third kappa shape index (κ3) is 5.28. The number of hydrogen-bond donors (Lipinski definition) is 1. The first-order chi connectivity index (χ1) is 15.9. The van der Waals surface area contributed by atoms with Crippen molar-refractivity contribution in [1.82, 2.24) is 20.0 Å². The summed E-state index contributed by atoms with van der Waals surface area (Å²) < 4.78 is 1.49. The SMILES string of the molecule is Cc1ccc(-c2cc(C(=O)NCCN3CCCCC3)n(-c3cccc([N+](=O)[O-])c3)n2)cc1C. The molecule has 0 unspecified atom stereocenters. The van der Waals surface area contributed by atoms with Crippen molar-refractivity contribution in [3.63, 3.8) is 0 Å². The highest BCUT2D eigenvalue weighted by Gasteiger charge is 2.20. The molecule has 1 amide bonds. The van der Waals surface area contributed by atoms with Gasteiger partial charge >= 0.3 is 0 Å². The maximum atomic E-state index is 13.1. The zero-order chi connectivity index (χ0) is 23.4. The van der Waals surface area contributed by atoms with E-state index < -0.39 is 4.92 Å². The zero-order valence-corrected chi connectivity index (χ0v) is 19.1. The molecule has 33 heavy (non-hydrogen) atoms. The number of hydrogen-bond acceptors (Lipinski definition) is 5. The minimum Gasteiger partial charge on any atom is -0.349 e. The van der Waals surface area contributed by atoms with Crippen LogP contribution in [0, 0.1) is 24.0 Å². The van der Waals surface area contributed by atoms with Crippen molar-refractivity contribution in [1.29, 1.82) is 0 Å². The molecule has 1 aliphatic rings. The Balaban J connectivity index is 1.64. The number of carbonyl (C=O) groups is 1. The molecule has 1 saturated heterocycles. The number of nitrogens with one attached hydrogen (secondary N) is 1. The van der Waals surface area contributed by atoms with Crippen molar-refractivity contribution in [2.24, 2.45) is 0 Å². The third-order valence-electron chi connectivity index (χ3n) is 6.19. The van der Waals surface area contributed by atoms with E-state index in [4.69, 9.17) is 0 Å². The number of piperidine rings is 1. The lowest BCUT2D eigenvalue weighted by Crippen LogP contribution is -2.38. The van der Waals surface area contributed by atoms with Crippen LogP contribution >= 0.6 is 0 Å². The number of benzene rings is 2. The van der Waals surface area contributed by atoms with Crippen LogP contribution in [0.2, 0.25) is 0 Å². The molecule has 172 valence electrons. The summed E-state index contributed by atoms with van der Waals surface area (Å²) in [6, 6.07) is 14.0. The molecule has 0 atom stereocenters. The summed E-state index contributed by atoms with van der Waals surface area (Å²) in [5, 5.41) is 19.0. The third-order valence-corrected chi connectivity index (χ3v) is 6.19. The second-order valence-corrected chi connectivity index (χ2v) is 8.56. The highest BCUT2D eigenvalue weighted by Crippen LogP contribution is 2.25. The maximum absolute atomic E-state index is 13.1. The Morgan fingerprint density at radius 2 is 1.85 bits per heavy atom. The van der Waals surface area contributed by atoms with Gasteiger partial charge in [0.1, 0.15) is 5.69 Å². The molecule has 0 radical (unpaired) electrons. The maximum Gasteiger partial charge on any atom is 0.271 e. The second kappa shape index (κ2) is 9.95. The van der Waals surface area contributed by atoms with Gasteiger partial charge in [0.2, 0.25) is 0 Å². The average molecular weight is 448 g/mol. The standard InChI is InChI=1S/C25H29N5O3/c1-18-9-10-20(15-19(18)2)23-17-24(25(31)26-11-14-28-12-4-3-5-13-28)29(27-23)21-7-6-8-22(16-21)30(32)33/h6-10,15-17H,3-5,11-14H2,1-2H3,(H,26,31). The zero-order valence-electron chi connectivity index (χ0n) is 19.1. The van der Waals surface area contributed by atoms with Crippen LogP contribution in [0.25, 0.3) is 16.9 Å². The Hall–Kier alpha value is -3.52. The number of nitro benzene ring substituents is 1. The molecule has 1 fully saturated rings. The molecule has 0 saturated carbocycles. The molecule has 4 rings (SSSR count). The van der Waals surface area contributed by atoms with Crippen molar-refractivity contribution < 1.29 is 9.72 Å². The van der Waals surface area contributed by atoms with Crippen molar-refractivity contribution in [2.45, 2.75) is 33.1 Å². The fourth-order valence-electron chi connectivity index (χ4n) is 4.12. The Morgan fingerprint density at radius 1 is 1.06 bits per heavy atom. The van der Waals surface area contributed by atoms with Crippen LogP contribution in [0.4, 0.5) is 5.69 Å². The van der Waals surface area contributed by atoms with Gasteiger partial charge in [0, 0.05) is 30.8 Å². The smallest absolute Gasteiger partial charge is 0.271 e. The molecule has 0 bridgehead atoms. The lowest BCUT2D eigenvalue weighted by atomic mass is 10.0. The first-order valence-corrected chi connectivity index (χ1v) is 11.4. The minimum absolute atomic E-state index is 0.0489. The van der Waals surface area contributed by atoms with Gasteiger partial charge in [-0.15, -0.1) is 0 Å². The quantitative estimate of drug-likeness (QED) is 0.431. The predicted molar refractivity (Wildman–Crippen MR) is 128 cm³/mol. The molecule has 1 N–H and O–H groups in total. The van der Waals surface area contributed by atoms with E-state index in [0.29, 0.717) is 23.6 Å². The molecule has 8 heteroatoms. The summed E-state index contributed by atoms with van der Waals surface area (Å²) in [5.41, 5.74) is 4.61. The normalized spacial score (nSPS) is 14.2. The molecular formula is C25H29N5O3. The summed E-state index contributed by atoms with van der Waals surface area (Å²) >= 11 is 0. The van der Waals surface area contributed by atoms with Crippen LogP contribution in [0.5, 0.6) is 0 Å². The van der Waals surface area contributed by atoms with E-state index in [2.05, 4.69) is 15.3 Å². The average Bonchev–Trinajstić information content (AvgIpc) is 3.27. The van der Waals surface area contributed by atoms with Gasteiger partial charge in [-0.1, -0.05) is 24.6 Å². The van der Waals surface area contributed by atoms with Gasteiger partial charge < -0.3 is 10.2 Å². The largest absolute Gasteiger partial charge is 0.349 e. The van der Waals surface area contributed by atoms with Gasteiger partial charge in [0.25, 0.3) is 11.6 Å². The van der Waals surface area contributed by atoms with Gasteiger partial charge in [-0.3, -0.25) is 14.9 Å². The van der Waals surface area contributed by atoms with Gasteiger partial charge in [0.15, 0.2) is 0 Å². The fourth-order valence-corrected chi connectivity index (χ4v) is 4.12. The number of nitro groups is 1. The number of carbonyl (C=O) groups excluding carboxylic acids is 1. The molecule has 8 nitrogen and oxygen atoms in total. The molecule has 1 aliphatic heterocycles. The van der Waals surface area contributed by atoms with Crippen LogP contribution < -0.4 is 5.32 Å². The molecule has 0 aliphatic carbocycles. The lowest BCUT2D eigenvalue weighted by molar-refractivity contribution is -0.384. The van der Waals surface area contributed by atoms with Crippen LogP contribution in [0.15, 0.2) is 48.5 Å². The Morgan fingerprint density at radius 3 is 2.58 bits per heavy atom. The van der Waals surface area contributed by atoms with Crippen molar-refractivity contribution in [3.8, 4) is 16.9 Å². The predicted octanol–water partition coefficient (Wildman–Crippen LogP) is 4.28. The Bertz CT molecular complexity index is 1160. The van der Waals surface area contributed by atoms with Crippen LogP contribution in [0.1, 0.15) is 40.9 Å². The molecule has 1 aromatic heterocycles. The summed E-state index contributed by atoms with van der Waals surface area (Å²) in [5.74, 6) is -0.249. The first-order valence-electron chi connectivity index (χ1n) is 11.4. The summed E-state index contributed by atoms with van der Waals surface area (Å²) in [7, 11) is 0. The highest BCUT2D eigenvalue weighted by atomic mass is 16.6. The van der Waals surface area contributed by atoms with Crippen molar-refractivity contribution in [3.05, 3.63) is 75.5 Å². The highest BCUT2D eigenvalue weighted by molar-refractivity contribution is 5.94. The van der Waals surface area contributed by atoms with Crippen LogP contribution in [-0.4, -0.2) is 51.7 Å². The van der Waals surface area contributed by atoms with Crippen LogP contribution in [0.3, 0.4) is 0 Å². The number of amides is 1. The number of aromatic nitrogens is 2. The van der Waals surface area contributed by atoms with Gasteiger partial charge in [0.05, 0.1) is 16.3 Å². The van der Waals surface area contributed by atoms with E-state index in [-0.39, 0.29) is 11.6 Å². The van der Waals surface area contributed by atoms with E-state index in [1.807, 2.05) is 32.0 Å². The number of non-ortho nitro benzene ring substituents is 1. The Kier molecular flexibility index (Phi) is 6.84. The Labute approximate surface area is 193 Å². The van der Waals surface area contributed by atoms with E-state index in [1.54, 1.807) is 18.2 Å². The molecule has 3 aromatic rings. The van der Waals surface area contributed by atoms with E-state index >= 15 is 0 Å². The van der Waals surface area contributed by atoms with Crippen molar-refractivity contribution >= 4 is 11.6 Å². The van der Waals surface area contributed by atoms with Gasteiger partial charge in [-0.05, 0) is 69.1 Å². The molecular weight excluding hydrogens is 418 g/mol. The van der Waals surface area contributed by atoms with Gasteiger partial charge in [-0.2, -0.15) is 5.10 Å².